The van der Waals surface area contributed by atoms with Crippen molar-refractivity contribution in [3.8, 4) is 0 Å². The van der Waals surface area contributed by atoms with E-state index in [1.54, 1.807) is 0 Å². The summed E-state index contributed by atoms with van der Waals surface area (Å²) in [6, 6.07) is 9.45. The molecule has 1 aliphatic rings. The van der Waals surface area contributed by atoms with E-state index in [9.17, 15) is 4.79 Å². The summed E-state index contributed by atoms with van der Waals surface area (Å²) in [4.78, 5) is 11.5. The van der Waals surface area contributed by atoms with Gasteiger partial charge in [-0.05, 0) is 24.6 Å². The summed E-state index contributed by atoms with van der Waals surface area (Å²) < 4.78 is 0. The van der Waals surface area contributed by atoms with E-state index in [0.29, 0.717) is 0 Å². The normalized spacial score (nSPS) is 19.2. The van der Waals surface area contributed by atoms with Crippen molar-refractivity contribution in [1.29, 1.82) is 0 Å². The zero-order valence-corrected chi connectivity index (χ0v) is 7.45. The highest BCUT2D eigenvalue weighted by molar-refractivity contribution is 5.95. The van der Waals surface area contributed by atoms with Gasteiger partial charge in [0.05, 0.1) is 6.04 Å². The number of benzene rings is 1. The highest BCUT2D eigenvalue weighted by atomic mass is 16.1. The lowest BCUT2D eigenvalue weighted by atomic mass is 10.2. The van der Waals surface area contributed by atoms with Gasteiger partial charge in [0.2, 0.25) is 0 Å². The van der Waals surface area contributed by atoms with Crippen LogP contribution in [0.15, 0.2) is 42.0 Å². The Morgan fingerprint density at radius 1 is 1.31 bits per heavy atom. The van der Waals surface area contributed by atoms with Crippen molar-refractivity contribution in [2.75, 3.05) is 0 Å². The molecular weight excluding hydrogens is 162 g/mol. The van der Waals surface area contributed by atoms with E-state index in [2.05, 4.69) is 5.32 Å². The van der Waals surface area contributed by atoms with Crippen molar-refractivity contribution in [2.45, 2.75) is 13.0 Å². The largest absolute Gasteiger partial charge is 0.342 e. The molecule has 0 aromatic heterocycles. The van der Waals surface area contributed by atoms with Crippen molar-refractivity contribution >= 4 is 5.91 Å². The summed E-state index contributed by atoms with van der Waals surface area (Å²) in [7, 11) is 0. The van der Waals surface area contributed by atoms with Crippen LogP contribution in [0.2, 0.25) is 0 Å². The van der Waals surface area contributed by atoms with Crippen LogP contribution in [0.3, 0.4) is 0 Å². The highest BCUT2D eigenvalue weighted by Crippen LogP contribution is 2.18. The number of hydrogen-bond donors (Lipinski definition) is 1. The maximum atomic E-state index is 11.5. The van der Waals surface area contributed by atoms with E-state index in [4.69, 9.17) is 0 Å². The van der Waals surface area contributed by atoms with Gasteiger partial charge < -0.3 is 5.32 Å². The molecule has 1 aromatic rings. The Morgan fingerprint density at radius 3 is 2.46 bits per heavy atom. The van der Waals surface area contributed by atoms with Crippen molar-refractivity contribution in [2.24, 2.45) is 0 Å². The minimum absolute atomic E-state index is 0.00120. The zero-order chi connectivity index (χ0) is 9.26. The first-order valence-electron chi connectivity index (χ1n) is 4.31. The summed E-state index contributed by atoms with van der Waals surface area (Å²) in [5.74, 6) is -0.00120. The van der Waals surface area contributed by atoms with Crippen LogP contribution in [0.25, 0.3) is 0 Å². The van der Waals surface area contributed by atoms with Gasteiger partial charge in [0.25, 0.3) is 5.91 Å². The van der Waals surface area contributed by atoms with E-state index < -0.39 is 0 Å². The molecule has 2 heteroatoms. The fourth-order valence-electron chi connectivity index (χ4n) is 1.18. The second kappa shape index (κ2) is 3.05. The number of amides is 1. The molecule has 1 N–H and O–H groups in total. The predicted octanol–water partition coefficient (Wildman–Crippen LogP) is 1.74. The van der Waals surface area contributed by atoms with Crippen LogP contribution in [-0.4, -0.2) is 11.9 Å². The van der Waals surface area contributed by atoms with Crippen LogP contribution in [0.5, 0.6) is 0 Å². The van der Waals surface area contributed by atoms with E-state index in [0.717, 1.165) is 5.56 Å². The monoisotopic (exact) mass is 173 g/mol. The molecule has 2 rings (SSSR count). The van der Waals surface area contributed by atoms with Gasteiger partial charge >= 0.3 is 0 Å². The zero-order valence-electron chi connectivity index (χ0n) is 7.45. The Hall–Kier alpha value is -1.57. The Kier molecular flexibility index (Phi) is 1.89. The Labute approximate surface area is 77.3 Å². The van der Waals surface area contributed by atoms with Gasteiger partial charge in [-0.3, -0.25) is 4.79 Å². The smallest absolute Gasteiger partial charge is 0.251 e. The van der Waals surface area contributed by atoms with Gasteiger partial charge in [-0.2, -0.15) is 0 Å². The van der Waals surface area contributed by atoms with Crippen LogP contribution in [-0.2, 0) is 0 Å². The first kappa shape index (κ1) is 8.05. The number of carbonyl (C=O) groups excluding carboxylic acids is 1. The van der Waals surface area contributed by atoms with E-state index >= 15 is 0 Å². The topological polar surface area (TPSA) is 29.1 Å². The third-order valence-electron chi connectivity index (χ3n) is 2.13. The molecule has 1 unspecified atom stereocenters. The SMILES string of the molecule is CC1=CC1NC(=O)c1ccccc1. The van der Waals surface area contributed by atoms with Crippen LogP contribution in [0, 0.1) is 0 Å². The summed E-state index contributed by atoms with van der Waals surface area (Å²) in [5, 5.41) is 2.89. The number of carbonyl (C=O) groups is 1. The van der Waals surface area contributed by atoms with E-state index in [1.165, 1.54) is 5.57 Å². The number of hydrogen-bond acceptors (Lipinski definition) is 1. The minimum Gasteiger partial charge on any atom is -0.342 e. The summed E-state index contributed by atoms with van der Waals surface area (Å²) in [5.41, 5.74) is 1.96. The third kappa shape index (κ3) is 1.78. The lowest BCUT2D eigenvalue weighted by molar-refractivity contribution is 0.0953. The first-order chi connectivity index (χ1) is 6.27. The number of nitrogens with one attached hydrogen (secondary N) is 1. The average Bonchev–Trinajstić information content (AvgIpc) is 2.83. The van der Waals surface area contributed by atoms with Crippen LogP contribution < -0.4 is 5.32 Å². The van der Waals surface area contributed by atoms with Gasteiger partial charge in [-0.25, -0.2) is 0 Å². The van der Waals surface area contributed by atoms with Crippen LogP contribution in [0.4, 0.5) is 0 Å². The average molecular weight is 173 g/mol. The van der Waals surface area contributed by atoms with Crippen molar-refractivity contribution < 1.29 is 4.79 Å². The maximum Gasteiger partial charge on any atom is 0.251 e. The van der Waals surface area contributed by atoms with Crippen molar-refractivity contribution in [3.05, 3.63) is 47.5 Å². The fraction of sp³-hybridized carbons (Fsp3) is 0.182. The van der Waals surface area contributed by atoms with Gasteiger partial charge in [-0.15, -0.1) is 0 Å². The molecule has 66 valence electrons. The van der Waals surface area contributed by atoms with Gasteiger partial charge in [0.15, 0.2) is 0 Å². The molecule has 0 spiro atoms. The maximum absolute atomic E-state index is 11.5. The molecular formula is C11H11NO. The molecule has 1 atom stereocenters. The summed E-state index contributed by atoms with van der Waals surface area (Å²) in [6.45, 7) is 2.01. The second-order valence-electron chi connectivity index (χ2n) is 3.23. The van der Waals surface area contributed by atoms with Crippen molar-refractivity contribution in [1.82, 2.24) is 5.32 Å². The molecule has 2 nitrogen and oxygen atoms in total. The molecule has 0 bridgehead atoms. The van der Waals surface area contributed by atoms with E-state index in [-0.39, 0.29) is 11.9 Å². The van der Waals surface area contributed by atoms with Gasteiger partial charge in [-0.1, -0.05) is 24.3 Å². The molecule has 0 radical (unpaired) electrons. The number of rotatable bonds is 2. The standard InChI is InChI=1S/C11H11NO/c1-8-7-10(8)12-11(13)9-5-3-2-4-6-9/h2-7,10H,1H3,(H,12,13). The molecule has 1 aliphatic carbocycles. The van der Waals surface area contributed by atoms with Crippen LogP contribution >= 0.6 is 0 Å². The minimum atomic E-state index is -0.00120. The Balaban J connectivity index is 1.98. The molecule has 0 heterocycles. The Morgan fingerprint density at radius 2 is 1.92 bits per heavy atom. The fourth-order valence-corrected chi connectivity index (χ4v) is 1.18. The van der Waals surface area contributed by atoms with Gasteiger partial charge in [0.1, 0.15) is 0 Å². The van der Waals surface area contributed by atoms with Gasteiger partial charge in [0, 0.05) is 5.56 Å². The molecule has 1 aromatic carbocycles. The Bertz CT molecular complexity index is 354. The predicted molar refractivity (Wildman–Crippen MR) is 51.5 cm³/mol. The van der Waals surface area contributed by atoms with E-state index in [1.807, 2.05) is 43.3 Å². The summed E-state index contributed by atoms with van der Waals surface area (Å²) in [6.07, 6.45) is 2.03. The molecule has 0 fully saturated rings. The molecule has 1 amide bonds. The molecule has 0 saturated carbocycles. The quantitative estimate of drug-likeness (QED) is 0.678. The highest BCUT2D eigenvalue weighted by Gasteiger charge is 2.21. The first-order valence-corrected chi connectivity index (χ1v) is 4.31. The molecule has 0 aliphatic heterocycles. The molecule has 0 saturated heterocycles. The third-order valence-corrected chi connectivity index (χ3v) is 2.13. The van der Waals surface area contributed by atoms with Crippen molar-refractivity contribution in [3.63, 3.8) is 0 Å². The summed E-state index contributed by atoms with van der Waals surface area (Å²) >= 11 is 0. The lowest BCUT2D eigenvalue weighted by Crippen LogP contribution is -2.27. The molecule has 13 heavy (non-hydrogen) atoms. The van der Waals surface area contributed by atoms with Crippen LogP contribution in [0.1, 0.15) is 17.3 Å². The lowest BCUT2D eigenvalue weighted by Gasteiger charge is -2.03. The second-order valence-corrected chi connectivity index (χ2v) is 3.23.